The number of rotatable bonds is 4. The van der Waals surface area contributed by atoms with Crippen LogP contribution in [0, 0.1) is 0 Å². The lowest BCUT2D eigenvalue weighted by molar-refractivity contribution is -0.136. The van der Waals surface area contributed by atoms with Crippen molar-refractivity contribution in [3.63, 3.8) is 0 Å². The zero-order valence-corrected chi connectivity index (χ0v) is 7.87. The summed E-state index contributed by atoms with van der Waals surface area (Å²) >= 11 is 0. The van der Waals surface area contributed by atoms with Gasteiger partial charge in [-0.25, -0.2) is 13.1 Å². The van der Waals surface area contributed by atoms with Crippen molar-refractivity contribution in [2.24, 2.45) is 0 Å². The minimum Gasteiger partial charge on any atom is -0.480 e. The molecular formula is C6H11NO5S. The molecule has 7 heteroatoms. The molecular weight excluding hydrogens is 198 g/mol. The Balaban J connectivity index is 2.59. The van der Waals surface area contributed by atoms with Crippen molar-refractivity contribution in [3.05, 3.63) is 0 Å². The van der Waals surface area contributed by atoms with Crippen molar-refractivity contribution in [2.75, 3.05) is 13.2 Å². The van der Waals surface area contributed by atoms with Gasteiger partial charge in [0.15, 0.2) is 5.25 Å². The average molecular weight is 209 g/mol. The lowest BCUT2D eigenvalue weighted by Gasteiger charge is -2.27. The van der Waals surface area contributed by atoms with Crippen LogP contribution in [0.25, 0.3) is 0 Å². The number of carbonyl (C=O) groups is 1. The molecule has 0 radical (unpaired) electrons. The highest BCUT2D eigenvalue weighted by atomic mass is 32.2. The number of sulfonamides is 1. The highest BCUT2D eigenvalue weighted by Gasteiger charge is 2.32. The molecule has 6 nitrogen and oxygen atoms in total. The van der Waals surface area contributed by atoms with E-state index in [1.165, 1.54) is 0 Å². The molecule has 0 saturated carbocycles. The number of aliphatic carboxylic acids is 1. The first-order chi connectivity index (χ1) is 5.93. The van der Waals surface area contributed by atoms with Crippen molar-refractivity contribution in [3.8, 4) is 0 Å². The summed E-state index contributed by atoms with van der Waals surface area (Å²) < 4.78 is 29.4. The molecule has 0 aromatic rings. The van der Waals surface area contributed by atoms with Crippen LogP contribution in [0.5, 0.6) is 0 Å². The molecule has 13 heavy (non-hydrogen) atoms. The zero-order valence-electron chi connectivity index (χ0n) is 7.06. The van der Waals surface area contributed by atoms with Gasteiger partial charge in [-0.05, 0) is 6.92 Å². The second-order valence-corrected chi connectivity index (χ2v) is 4.91. The van der Waals surface area contributed by atoms with Gasteiger partial charge in [0.1, 0.15) is 0 Å². The van der Waals surface area contributed by atoms with Crippen LogP contribution in [0.3, 0.4) is 0 Å². The quantitative estimate of drug-likeness (QED) is 0.605. The molecule has 1 aliphatic heterocycles. The second kappa shape index (κ2) is 3.60. The van der Waals surface area contributed by atoms with Gasteiger partial charge in [0.25, 0.3) is 0 Å². The first-order valence-corrected chi connectivity index (χ1v) is 5.30. The van der Waals surface area contributed by atoms with Crippen molar-refractivity contribution in [2.45, 2.75) is 18.2 Å². The smallest absolute Gasteiger partial charge is 0.323 e. The maximum atomic E-state index is 11.2. The highest BCUT2D eigenvalue weighted by Crippen LogP contribution is 2.05. The lowest BCUT2D eigenvalue weighted by atomic mass is 10.3. The van der Waals surface area contributed by atoms with Crippen molar-refractivity contribution >= 4 is 16.0 Å². The summed E-state index contributed by atoms with van der Waals surface area (Å²) in [5, 5.41) is 7.05. The van der Waals surface area contributed by atoms with Gasteiger partial charge in [-0.1, -0.05) is 0 Å². The Kier molecular flexibility index (Phi) is 2.89. The molecule has 0 aromatic heterocycles. The predicted molar refractivity (Wildman–Crippen MR) is 43.8 cm³/mol. The summed E-state index contributed by atoms with van der Waals surface area (Å²) in [6.07, 6.45) is 0. The Labute approximate surface area is 75.9 Å². The molecule has 0 aromatic carbocycles. The van der Waals surface area contributed by atoms with E-state index in [4.69, 9.17) is 9.84 Å². The number of nitrogens with one attached hydrogen (secondary N) is 1. The molecule has 1 rings (SSSR count). The molecule has 0 bridgehead atoms. The largest absolute Gasteiger partial charge is 0.480 e. The Morgan fingerprint density at radius 2 is 2.15 bits per heavy atom. The Hall–Kier alpha value is -0.660. The number of carboxylic acids is 1. The van der Waals surface area contributed by atoms with E-state index in [-0.39, 0.29) is 6.04 Å². The molecule has 0 spiro atoms. The van der Waals surface area contributed by atoms with Crippen LogP contribution in [0.2, 0.25) is 0 Å². The molecule has 1 atom stereocenters. The Morgan fingerprint density at radius 3 is 2.46 bits per heavy atom. The van der Waals surface area contributed by atoms with Crippen LogP contribution in [-0.2, 0) is 19.6 Å². The van der Waals surface area contributed by atoms with Gasteiger partial charge in [-0.3, -0.25) is 4.79 Å². The molecule has 2 N–H and O–H groups in total. The van der Waals surface area contributed by atoms with Gasteiger partial charge in [0.05, 0.1) is 19.3 Å². The third-order valence-corrected chi connectivity index (χ3v) is 3.58. The maximum absolute atomic E-state index is 11.2. The molecule has 1 unspecified atom stereocenters. The van der Waals surface area contributed by atoms with Crippen molar-refractivity contribution < 1.29 is 23.1 Å². The molecule has 1 fully saturated rings. The van der Waals surface area contributed by atoms with E-state index in [1.54, 1.807) is 0 Å². The predicted octanol–water partition coefficient (Wildman–Crippen LogP) is -1.22. The van der Waals surface area contributed by atoms with Gasteiger partial charge < -0.3 is 9.84 Å². The van der Waals surface area contributed by atoms with E-state index >= 15 is 0 Å². The van der Waals surface area contributed by atoms with Crippen LogP contribution >= 0.6 is 0 Å². The van der Waals surface area contributed by atoms with Gasteiger partial charge in [-0.2, -0.15) is 0 Å². The van der Waals surface area contributed by atoms with Gasteiger partial charge in [0, 0.05) is 0 Å². The minimum absolute atomic E-state index is 0.271. The summed E-state index contributed by atoms with van der Waals surface area (Å²) in [5.74, 6) is -1.35. The summed E-state index contributed by atoms with van der Waals surface area (Å²) in [6.45, 7) is 1.75. The fraction of sp³-hybridized carbons (Fsp3) is 0.833. The van der Waals surface area contributed by atoms with Crippen LogP contribution in [0.15, 0.2) is 0 Å². The van der Waals surface area contributed by atoms with Crippen LogP contribution in [0.1, 0.15) is 6.92 Å². The monoisotopic (exact) mass is 209 g/mol. The molecule has 0 aliphatic carbocycles. The normalized spacial score (nSPS) is 20.7. The second-order valence-electron chi connectivity index (χ2n) is 2.88. The third-order valence-electron chi connectivity index (χ3n) is 1.78. The van der Waals surface area contributed by atoms with Crippen molar-refractivity contribution in [1.82, 2.24) is 4.72 Å². The lowest BCUT2D eigenvalue weighted by Crippen LogP contribution is -2.51. The summed E-state index contributed by atoms with van der Waals surface area (Å²) in [7, 11) is -3.75. The van der Waals surface area contributed by atoms with Gasteiger partial charge in [-0.15, -0.1) is 0 Å². The fourth-order valence-corrected chi connectivity index (χ4v) is 1.84. The highest BCUT2D eigenvalue weighted by molar-refractivity contribution is 7.90. The van der Waals surface area contributed by atoms with Crippen LogP contribution < -0.4 is 4.72 Å². The van der Waals surface area contributed by atoms with Gasteiger partial charge in [0.2, 0.25) is 10.0 Å². The molecule has 76 valence electrons. The van der Waals surface area contributed by atoms with E-state index in [2.05, 4.69) is 4.72 Å². The molecule has 1 heterocycles. The topological polar surface area (TPSA) is 92.7 Å². The summed E-state index contributed by atoms with van der Waals surface area (Å²) in [6, 6.07) is -0.271. The number of hydrogen-bond donors (Lipinski definition) is 2. The summed E-state index contributed by atoms with van der Waals surface area (Å²) in [4.78, 5) is 10.4. The first-order valence-electron chi connectivity index (χ1n) is 3.75. The minimum atomic E-state index is -3.75. The van der Waals surface area contributed by atoms with Crippen LogP contribution in [0.4, 0.5) is 0 Å². The van der Waals surface area contributed by atoms with E-state index in [1.807, 2.05) is 0 Å². The van der Waals surface area contributed by atoms with E-state index < -0.39 is 21.2 Å². The Bertz CT molecular complexity index is 294. The zero-order chi connectivity index (χ0) is 10.1. The fourth-order valence-electron chi connectivity index (χ4n) is 0.771. The SMILES string of the molecule is CC(C(=O)O)S(=O)(=O)NC1COC1. The standard InChI is InChI=1S/C6H11NO5S/c1-4(6(8)9)13(10,11)7-5-2-12-3-5/h4-5,7H,2-3H2,1H3,(H,8,9). The van der Waals surface area contributed by atoms with Crippen LogP contribution in [-0.4, -0.2) is 44.0 Å². The van der Waals surface area contributed by atoms with E-state index in [0.29, 0.717) is 13.2 Å². The number of ether oxygens (including phenoxy) is 1. The maximum Gasteiger partial charge on any atom is 0.323 e. The summed E-state index contributed by atoms with van der Waals surface area (Å²) in [5.41, 5.74) is 0. The van der Waals surface area contributed by atoms with Gasteiger partial charge >= 0.3 is 5.97 Å². The Morgan fingerprint density at radius 1 is 1.62 bits per heavy atom. The number of carboxylic acid groups (broad SMARTS) is 1. The number of hydrogen-bond acceptors (Lipinski definition) is 4. The van der Waals surface area contributed by atoms with E-state index in [0.717, 1.165) is 6.92 Å². The molecule has 1 saturated heterocycles. The average Bonchev–Trinajstić information content (AvgIpc) is 1.95. The first kappa shape index (κ1) is 10.4. The molecule has 0 amide bonds. The van der Waals surface area contributed by atoms with Crippen molar-refractivity contribution in [1.29, 1.82) is 0 Å². The third kappa shape index (κ3) is 2.39. The van der Waals surface area contributed by atoms with E-state index in [9.17, 15) is 13.2 Å². The molecule has 1 aliphatic rings.